The van der Waals surface area contributed by atoms with Gasteiger partial charge >= 0.3 is 0 Å². The van der Waals surface area contributed by atoms with Crippen LogP contribution in [0.2, 0.25) is 0 Å². The number of aliphatic hydroxyl groups is 1. The Morgan fingerprint density at radius 1 is 1.59 bits per heavy atom. The molecule has 1 amide bonds. The molecule has 1 aliphatic heterocycles. The first-order chi connectivity index (χ1) is 7.94. The molecule has 0 spiro atoms. The molecule has 5 heteroatoms. The Labute approximate surface area is 103 Å². The lowest BCUT2D eigenvalue weighted by Gasteiger charge is -2.25. The maximum atomic E-state index is 11.8. The molecule has 3 N–H and O–H groups in total. The van der Waals surface area contributed by atoms with Crippen molar-refractivity contribution in [1.82, 2.24) is 10.6 Å². The third kappa shape index (κ3) is 5.02. The molecular formula is C12H24N2O3. The van der Waals surface area contributed by atoms with Crippen molar-refractivity contribution in [2.75, 3.05) is 26.8 Å². The van der Waals surface area contributed by atoms with Gasteiger partial charge in [0.25, 0.3) is 0 Å². The molecule has 1 aliphatic rings. The van der Waals surface area contributed by atoms with Gasteiger partial charge in [0.15, 0.2) is 0 Å². The summed E-state index contributed by atoms with van der Waals surface area (Å²) in [5.41, 5.74) is 0.0306. The van der Waals surface area contributed by atoms with Crippen LogP contribution in [0.25, 0.3) is 0 Å². The quantitative estimate of drug-likeness (QED) is 0.609. The van der Waals surface area contributed by atoms with E-state index in [1.54, 1.807) is 7.11 Å². The van der Waals surface area contributed by atoms with Gasteiger partial charge in [-0.1, -0.05) is 13.8 Å². The summed E-state index contributed by atoms with van der Waals surface area (Å²) in [5, 5.41) is 15.3. The normalized spacial score (nSPS) is 24.9. The maximum Gasteiger partial charge on any atom is 0.237 e. The number of ether oxygens (including phenoxy) is 1. The number of carbonyl (C=O) groups is 1. The monoisotopic (exact) mass is 244 g/mol. The fourth-order valence-electron chi connectivity index (χ4n) is 1.83. The first kappa shape index (κ1) is 14.4. The molecule has 1 fully saturated rings. The Morgan fingerprint density at radius 2 is 2.29 bits per heavy atom. The van der Waals surface area contributed by atoms with Crippen molar-refractivity contribution < 1.29 is 14.6 Å². The van der Waals surface area contributed by atoms with E-state index in [4.69, 9.17) is 4.74 Å². The van der Waals surface area contributed by atoms with Crippen molar-refractivity contribution in [3.05, 3.63) is 0 Å². The van der Waals surface area contributed by atoms with Crippen LogP contribution >= 0.6 is 0 Å². The minimum atomic E-state index is -0.396. The second-order valence-corrected chi connectivity index (χ2v) is 5.48. The molecule has 0 aliphatic carbocycles. The molecule has 0 aromatic carbocycles. The lowest BCUT2D eigenvalue weighted by Crippen LogP contribution is -2.44. The van der Waals surface area contributed by atoms with Crippen LogP contribution in [0.15, 0.2) is 0 Å². The van der Waals surface area contributed by atoms with Crippen LogP contribution in [-0.2, 0) is 9.53 Å². The summed E-state index contributed by atoms with van der Waals surface area (Å²) < 4.78 is 5.04. The molecular weight excluding hydrogens is 220 g/mol. The highest BCUT2D eigenvalue weighted by Crippen LogP contribution is 2.19. The summed E-state index contributed by atoms with van der Waals surface area (Å²) in [6.45, 7) is 6.03. The molecule has 0 saturated carbocycles. The first-order valence-corrected chi connectivity index (χ1v) is 6.13. The zero-order valence-electron chi connectivity index (χ0n) is 11.0. The second kappa shape index (κ2) is 6.33. The molecule has 5 nitrogen and oxygen atoms in total. The van der Waals surface area contributed by atoms with Gasteiger partial charge in [-0.15, -0.1) is 0 Å². The van der Waals surface area contributed by atoms with E-state index >= 15 is 0 Å². The number of carbonyl (C=O) groups excluding carboxylic acids is 1. The predicted molar refractivity (Wildman–Crippen MR) is 65.7 cm³/mol. The van der Waals surface area contributed by atoms with E-state index < -0.39 is 6.10 Å². The van der Waals surface area contributed by atoms with Crippen LogP contribution in [0.4, 0.5) is 0 Å². The van der Waals surface area contributed by atoms with Crippen molar-refractivity contribution >= 4 is 5.91 Å². The van der Waals surface area contributed by atoms with Gasteiger partial charge in [0, 0.05) is 26.8 Å². The van der Waals surface area contributed by atoms with E-state index in [-0.39, 0.29) is 17.4 Å². The molecule has 0 radical (unpaired) electrons. The Balaban J connectivity index is 2.27. The van der Waals surface area contributed by atoms with Gasteiger partial charge in [-0.25, -0.2) is 0 Å². The van der Waals surface area contributed by atoms with Crippen molar-refractivity contribution in [2.24, 2.45) is 5.41 Å². The van der Waals surface area contributed by atoms with Crippen molar-refractivity contribution in [1.29, 1.82) is 0 Å². The predicted octanol–water partition coefficient (Wildman–Crippen LogP) is -0.112. The standard InChI is InChI=1S/C12H24N2O3/c1-12(2,4-5-17-3)8-14-11(16)10-6-9(15)7-13-10/h9-10,13,15H,4-8H2,1-3H3,(H,14,16). The zero-order valence-corrected chi connectivity index (χ0v) is 11.0. The van der Waals surface area contributed by atoms with E-state index in [0.717, 1.165) is 6.42 Å². The fraction of sp³-hybridized carbons (Fsp3) is 0.917. The molecule has 17 heavy (non-hydrogen) atoms. The number of rotatable bonds is 6. The Kier molecular flexibility index (Phi) is 5.36. The van der Waals surface area contributed by atoms with Gasteiger partial charge in [0.2, 0.25) is 5.91 Å². The third-order valence-electron chi connectivity index (χ3n) is 3.15. The molecule has 0 aromatic heterocycles. The number of β-amino-alcohol motifs (C(OH)–C–C–N with tert-alkyl or cyclic N) is 1. The Hall–Kier alpha value is -0.650. The molecule has 100 valence electrons. The maximum absolute atomic E-state index is 11.8. The van der Waals surface area contributed by atoms with Crippen LogP contribution in [0.5, 0.6) is 0 Å². The summed E-state index contributed by atoms with van der Waals surface area (Å²) in [7, 11) is 1.68. The topological polar surface area (TPSA) is 70.6 Å². The first-order valence-electron chi connectivity index (χ1n) is 6.13. The lowest BCUT2D eigenvalue weighted by molar-refractivity contribution is -0.123. The van der Waals surface area contributed by atoms with E-state index in [1.807, 2.05) is 0 Å². The lowest BCUT2D eigenvalue weighted by atomic mass is 9.89. The largest absolute Gasteiger partial charge is 0.392 e. The van der Waals surface area contributed by atoms with Crippen molar-refractivity contribution in [3.63, 3.8) is 0 Å². The van der Waals surface area contributed by atoms with Gasteiger partial charge < -0.3 is 20.5 Å². The van der Waals surface area contributed by atoms with Crippen molar-refractivity contribution in [3.8, 4) is 0 Å². The van der Waals surface area contributed by atoms with E-state index in [1.165, 1.54) is 0 Å². The highest BCUT2D eigenvalue weighted by molar-refractivity contribution is 5.82. The van der Waals surface area contributed by atoms with Gasteiger partial charge in [-0.3, -0.25) is 4.79 Å². The van der Waals surface area contributed by atoms with Crippen LogP contribution in [0.1, 0.15) is 26.7 Å². The average Bonchev–Trinajstić information content (AvgIpc) is 2.70. The van der Waals surface area contributed by atoms with Crippen molar-refractivity contribution in [2.45, 2.75) is 38.8 Å². The van der Waals surface area contributed by atoms with Crippen LogP contribution < -0.4 is 10.6 Å². The highest BCUT2D eigenvalue weighted by atomic mass is 16.5. The van der Waals surface area contributed by atoms with Gasteiger partial charge in [0.05, 0.1) is 12.1 Å². The molecule has 0 aromatic rings. The Morgan fingerprint density at radius 3 is 2.82 bits per heavy atom. The van der Waals surface area contributed by atoms with Crippen LogP contribution in [-0.4, -0.2) is 50.0 Å². The highest BCUT2D eigenvalue weighted by Gasteiger charge is 2.29. The summed E-state index contributed by atoms with van der Waals surface area (Å²) in [6.07, 6.45) is 1.02. The Bertz CT molecular complexity index is 256. The number of nitrogens with one attached hydrogen (secondary N) is 2. The van der Waals surface area contributed by atoms with E-state index in [2.05, 4.69) is 24.5 Å². The number of methoxy groups -OCH3 is 1. The minimum Gasteiger partial charge on any atom is -0.392 e. The number of hydrogen-bond acceptors (Lipinski definition) is 4. The molecule has 0 bridgehead atoms. The summed E-state index contributed by atoms with van der Waals surface area (Å²) >= 11 is 0. The van der Waals surface area contributed by atoms with E-state index in [9.17, 15) is 9.90 Å². The third-order valence-corrected chi connectivity index (χ3v) is 3.15. The van der Waals surface area contributed by atoms with Gasteiger partial charge in [-0.05, 0) is 18.3 Å². The summed E-state index contributed by atoms with van der Waals surface area (Å²) in [5.74, 6) is -0.0213. The molecule has 2 atom stereocenters. The molecule has 2 unspecified atom stereocenters. The van der Waals surface area contributed by atoms with E-state index in [0.29, 0.717) is 26.1 Å². The van der Waals surface area contributed by atoms with Gasteiger partial charge in [-0.2, -0.15) is 0 Å². The number of aliphatic hydroxyl groups excluding tert-OH is 1. The smallest absolute Gasteiger partial charge is 0.237 e. The molecule has 1 heterocycles. The summed E-state index contributed by atoms with van der Waals surface area (Å²) in [4.78, 5) is 11.8. The number of amides is 1. The van der Waals surface area contributed by atoms with Gasteiger partial charge in [0.1, 0.15) is 0 Å². The SMILES string of the molecule is COCCC(C)(C)CNC(=O)C1CC(O)CN1. The molecule has 1 saturated heterocycles. The number of hydrogen-bond donors (Lipinski definition) is 3. The van der Waals surface area contributed by atoms with Crippen LogP contribution in [0.3, 0.4) is 0 Å². The fourth-order valence-corrected chi connectivity index (χ4v) is 1.83. The average molecular weight is 244 g/mol. The molecule has 1 rings (SSSR count). The zero-order chi connectivity index (χ0) is 12.9. The summed E-state index contributed by atoms with van der Waals surface area (Å²) in [6, 6.07) is -0.247. The second-order valence-electron chi connectivity index (χ2n) is 5.48. The van der Waals surface area contributed by atoms with Crippen LogP contribution in [0, 0.1) is 5.41 Å². The minimum absolute atomic E-state index is 0.0213.